The smallest absolute Gasteiger partial charge is 0.222 e. The first-order chi connectivity index (χ1) is 11.9. The molecular weight excluding hydrogens is 343 g/mol. The van der Waals surface area contributed by atoms with Gasteiger partial charge in [-0.2, -0.15) is 0 Å². The van der Waals surface area contributed by atoms with Crippen molar-refractivity contribution in [2.75, 3.05) is 11.6 Å². The predicted molar refractivity (Wildman–Crippen MR) is 93.8 cm³/mol. The summed E-state index contributed by atoms with van der Waals surface area (Å²) in [6.07, 6.45) is 3.07. The average molecular weight is 358 g/mol. The molecule has 6 nitrogen and oxygen atoms in total. The van der Waals surface area contributed by atoms with Crippen molar-refractivity contribution in [3.8, 4) is 22.5 Å². The van der Waals surface area contributed by atoms with E-state index in [2.05, 4.69) is 20.3 Å². The third kappa shape index (κ3) is 3.80. The van der Waals surface area contributed by atoms with Gasteiger partial charge in [-0.05, 0) is 36.4 Å². The van der Waals surface area contributed by atoms with Gasteiger partial charge in [0.2, 0.25) is 5.91 Å². The van der Waals surface area contributed by atoms with E-state index in [1.807, 2.05) is 0 Å². The number of benzene rings is 1. The average Bonchev–Trinajstić information content (AvgIpc) is 3.01. The number of anilines is 1. The Bertz CT molecular complexity index is 954. The number of carbonyl (C=O) groups excluding carboxylic acids is 1. The Hall–Kier alpha value is -2.87. The molecule has 0 aliphatic heterocycles. The maximum atomic E-state index is 13.2. The van der Waals surface area contributed by atoms with E-state index in [-0.39, 0.29) is 11.7 Å². The number of amides is 1. The van der Waals surface area contributed by atoms with Gasteiger partial charge in [0.15, 0.2) is 5.16 Å². The highest BCUT2D eigenvalue weighted by atomic mass is 32.2. The first-order valence-corrected chi connectivity index (χ1v) is 8.93. The summed E-state index contributed by atoms with van der Waals surface area (Å²) < 4.78 is 25.0. The molecule has 0 aliphatic rings. The first-order valence-electron chi connectivity index (χ1n) is 7.37. The number of aromatic amines is 1. The van der Waals surface area contributed by atoms with Gasteiger partial charge < -0.3 is 10.3 Å². The lowest BCUT2D eigenvalue weighted by molar-refractivity contribution is -0.114. The van der Waals surface area contributed by atoms with Crippen LogP contribution in [0.15, 0.2) is 47.8 Å². The lowest BCUT2D eigenvalue weighted by Gasteiger charge is -2.06. The highest BCUT2D eigenvalue weighted by Crippen LogP contribution is 2.31. The number of hydrogen-bond donors (Lipinski definition) is 2. The van der Waals surface area contributed by atoms with Crippen LogP contribution in [0.4, 0.5) is 10.2 Å². The fourth-order valence-electron chi connectivity index (χ4n) is 2.35. The van der Waals surface area contributed by atoms with Crippen LogP contribution in [0.2, 0.25) is 0 Å². The Morgan fingerprint density at radius 3 is 2.56 bits per heavy atom. The second kappa shape index (κ2) is 6.94. The zero-order valence-electron chi connectivity index (χ0n) is 13.5. The zero-order chi connectivity index (χ0) is 18.0. The molecular formula is C17H15FN4O2S. The van der Waals surface area contributed by atoms with Gasteiger partial charge in [0.25, 0.3) is 0 Å². The molecule has 2 N–H and O–H groups in total. The molecule has 0 saturated heterocycles. The van der Waals surface area contributed by atoms with Crippen molar-refractivity contribution in [1.29, 1.82) is 0 Å². The lowest BCUT2D eigenvalue weighted by Crippen LogP contribution is -2.07. The fraction of sp³-hybridized carbons (Fsp3) is 0.118. The van der Waals surface area contributed by atoms with Crippen molar-refractivity contribution in [1.82, 2.24) is 15.0 Å². The van der Waals surface area contributed by atoms with Gasteiger partial charge in [0, 0.05) is 30.5 Å². The van der Waals surface area contributed by atoms with E-state index >= 15 is 0 Å². The number of pyridine rings is 1. The minimum absolute atomic E-state index is 0.235. The highest BCUT2D eigenvalue weighted by Gasteiger charge is 2.16. The standard InChI is InChI=1S/C17H15FN4O2S/c1-10(23)20-14-9-12(7-8-19-14)16-15(21-17(22-16)25(2)24)11-3-5-13(18)6-4-11/h3-9H,1-2H3,(H,21,22)(H,19,20,23)/t25-/m0/s1. The largest absolute Gasteiger partial charge is 0.330 e. The summed E-state index contributed by atoms with van der Waals surface area (Å²) in [5, 5.41) is 2.93. The van der Waals surface area contributed by atoms with Crippen LogP contribution in [-0.2, 0) is 15.6 Å². The van der Waals surface area contributed by atoms with Crippen LogP contribution in [-0.4, -0.2) is 31.3 Å². The van der Waals surface area contributed by atoms with E-state index in [1.165, 1.54) is 25.3 Å². The van der Waals surface area contributed by atoms with Crippen LogP contribution in [0, 0.1) is 5.82 Å². The zero-order valence-corrected chi connectivity index (χ0v) is 14.4. The van der Waals surface area contributed by atoms with Crippen LogP contribution in [0.3, 0.4) is 0 Å². The highest BCUT2D eigenvalue weighted by molar-refractivity contribution is 7.84. The van der Waals surface area contributed by atoms with Crippen molar-refractivity contribution < 1.29 is 13.4 Å². The minimum Gasteiger partial charge on any atom is -0.330 e. The van der Waals surface area contributed by atoms with Crippen molar-refractivity contribution in [3.05, 3.63) is 48.4 Å². The number of halogens is 1. The van der Waals surface area contributed by atoms with Gasteiger partial charge in [-0.1, -0.05) is 0 Å². The second-order valence-electron chi connectivity index (χ2n) is 5.34. The van der Waals surface area contributed by atoms with Crippen LogP contribution in [0.1, 0.15) is 6.92 Å². The van der Waals surface area contributed by atoms with Crippen molar-refractivity contribution in [2.45, 2.75) is 12.1 Å². The molecule has 0 fully saturated rings. The summed E-state index contributed by atoms with van der Waals surface area (Å²) in [5.41, 5.74) is 2.56. The summed E-state index contributed by atoms with van der Waals surface area (Å²) in [7, 11) is -1.31. The maximum Gasteiger partial charge on any atom is 0.222 e. The van der Waals surface area contributed by atoms with Gasteiger partial charge in [0.05, 0.1) is 22.2 Å². The second-order valence-corrected chi connectivity index (χ2v) is 6.63. The van der Waals surface area contributed by atoms with E-state index in [1.54, 1.807) is 30.5 Å². The molecule has 0 radical (unpaired) electrons. The number of H-pyrrole nitrogens is 1. The Morgan fingerprint density at radius 1 is 1.20 bits per heavy atom. The van der Waals surface area contributed by atoms with E-state index in [0.29, 0.717) is 33.5 Å². The van der Waals surface area contributed by atoms with Crippen LogP contribution >= 0.6 is 0 Å². The van der Waals surface area contributed by atoms with Crippen LogP contribution in [0.5, 0.6) is 0 Å². The summed E-state index contributed by atoms with van der Waals surface area (Å²) in [6.45, 7) is 1.39. The van der Waals surface area contributed by atoms with Crippen molar-refractivity contribution >= 4 is 22.5 Å². The van der Waals surface area contributed by atoms with Gasteiger partial charge >= 0.3 is 0 Å². The Morgan fingerprint density at radius 2 is 1.92 bits per heavy atom. The summed E-state index contributed by atoms with van der Waals surface area (Å²) in [5.74, 6) is -0.195. The normalized spacial score (nSPS) is 12.0. The fourth-order valence-corrected chi connectivity index (χ4v) is 2.81. The molecule has 2 aromatic heterocycles. The summed E-state index contributed by atoms with van der Waals surface area (Å²) in [4.78, 5) is 22.8. The molecule has 0 unspecified atom stereocenters. The SMILES string of the molecule is CC(=O)Nc1cc(-c2nc([S@](C)=O)[nH]c2-c2ccc(F)cc2)ccn1. The molecule has 0 spiro atoms. The minimum atomic E-state index is -1.31. The third-order valence-electron chi connectivity index (χ3n) is 3.42. The number of carbonyl (C=O) groups is 1. The maximum absolute atomic E-state index is 13.2. The number of aromatic nitrogens is 3. The molecule has 1 amide bonds. The van der Waals surface area contributed by atoms with Crippen molar-refractivity contribution in [3.63, 3.8) is 0 Å². The molecule has 0 bridgehead atoms. The van der Waals surface area contributed by atoms with E-state index < -0.39 is 10.8 Å². The number of nitrogens with one attached hydrogen (secondary N) is 2. The molecule has 0 saturated carbocycles. The van der Waals surface area contributed by atoms with Gasteiger partial charge in [-0.25, -0.2) is 14.4 Å². The molecule has 3 aromatic rings. The van der Waals surface area contributed by atoms with E-state index in [0.717, 1.165) is 0 Å². The number of rotatable bonds is 4. The Balaban J connectivity index is 2.13. The monoisotopic (exact) mass is 358 g/mol. The topological polar surface area (TPSA) is 87.7 Å². The predicted octanol–water partition coefficient (Wildman–Crippen LogP) is 2.97. The number of hydrogen-bond acceptors (Lipinski definition) is 4. The van der Waals surface area contributed by atoms with Crippen LogP contribution < -0.4 is 5.32 Å². The first kappa shape index (κ1) is 17.0. The molecule has 3 rings (SSSR count). The molecule has 128 valence electrons. The molecule has 0 aliphatic carbocycles. The Kier molecular flexibility index (Phi) is 4.71. The molecule has 8 heteroatoms. The molecule has 1 aromatic carbocycles. The van der Waals surface area contributed by atoms with Crippen LogP contribution in [0.25, 0.3) is 22.5 Å². The van der Waals surface area contributed by atoms with Gasteiger partial charge in [-0.3, -0.25) is 9.00 Å². The molecule has 25 heavy (non-hydrogen) atoms. The molecule has 2 heterocycles. The quantitative estimate of drug-likeness (QED) is 0.750. The van der Waals surface area contributed by atoms with E-state index in [9.17, 15) is 13.4 Å². The summed E-state index contributed by atoms with van der Waals surface area (Å²) >= 11 is 0. The van der Waals surface area contributed by atoms with Gasteiger partial charge in [0.1, 0.15) is 11.6 Å². The van der Waals surface area contributed by atoms with Crippen molar-refractivity contribution in [2.24, 2.45) is 0 Å². The number of nitrogens with zero attached hydrogens (tertiary/aromatic N) is 2. The third-order valence-corrected chi connectivity index (χ3v) is 4.16. The van der Waals surface area contributed by atoms with E-state index in [4.69, 9.17) is 0 Å². The Labute approximate surface area is 146 Å². The number of imidazole rings is 1. The molecule has 1 atom stereocenters. The lowest BCUT2D eigenvalue weighted by atomic mass is 10.1. The van der Waals surface area contributed by atoms with Gasteiger partial charge in [-0.15, -0.1) is 0 Å². The summed E-state index contributed by atoms with van der Waals surface area (Å²) in [6, 6.07) is 9.33.